The van der Waals surface area contributed by atoms with Crippen molar-refractivity contribution in [3.63, 3.8) is 0 Å². The molecule has 0 spiro atoms. The molecule has 0 aromatic carbocycles. The summed E-state index contributed by atoms with van der Waals surface area (Å²) in [5.74, 6) is 6.86. The number of nitrogens with zero attached hydrogens (tertiary/aromatic N) is 4. The van der Waals surface area contributed by atoms with Crippen LogP contribution in [0.15, 0.2) is 34.8 Å². The number of carbonyl (C=O) groups is 1. The van der Waals surface area contributed by atoms with Crippen LogP contribution < -0.4 is 5.84 Å². The first-order valence-corrected chi connectivity index (χ1v) is 9.96. The van der Waals surface area contributed by atoms with Crippen molar-refractivity contribution in [2.75, 3.05) is 18.6 Å². The Labute approximate surface area is 156 Å². The van der Waals surface area contributed by atoms with Gasteiger partial charge in [-0.2, -0.15) is 0 Å². The Morgan fingerprint density at radius 3 is 2.92 bits per heavy atom. The van der Waals surface area contributed by atoms with E-state index in [1.54, 1.807) is 11.9 Å². The molecule has 0 fully saturated rings. The van der Waals surface area contributed by atoms with E-state index in [1.165, 1.54) is 39.1 Å². The van der Waals surface area contributed by atoms with Gasteiger partial charge in [0.1, 0.15) is 0 Å². The third kappa shape index (κ3) is 3.92. The highest BCUT2D eigenvalue weighted by Crippen LogP contribution is 2.26. The Kier molecular flexibility index (Phi) is 5.44. The lowest BCUT2D eigenvalue weighted by molar-refractivity contribution is -0.127. The molecule has 0 aliphatic carbocycles. The van der Waals surface area contributed by atoms with E-state index in [9.17, 15) is 4.79 Å². The molecule has 0 atom stereocenters. The summed E-state index contributed by atoms with van der Waals surface area (Å²) >= 11 is 10.2. The van der Waals surface area contributed by atoms with Crippen molar-refractivity contribution in [3.8, 4) is 10.7 Å². The lowest BCUT2D eigenvalue weighted by Gasteiger charge is -2.15. The summed E-state index contributed by atoms with van der Waals surface area (Å²) in [7, 11) is 1.76. The van der Waals surface area contributed by atoms with Crippen molar-refractivity contribution in [2.24, 2.45) is 0 Å². The van der Waals surface area contributed by atoms with Gasteiger partial charge >= 0.3 is 0 Å². The maximum atomic E-state index is 12.3. The van der Waals surface area contributed by atoms with E-state index in [0.29, 0.717) is 17.5 Å². The van der Waals surface area contributed by atoms with Crippen LogP contribution in [-0.2, 0) is 11.3 Å². The molecule has 24 heavy (non-hydrogen) atoms. The lowest BCUT2D eigenvalue weighted by atomic mass is 10.4. The van der Waals surface area contributed by atoms with Crippen molar-refractivity contribution in [2.45, 2.75) is 11.7 Å². The number of thiophene rings is 2. The molecule has 10 heteroatoms. The minimum atomic E-state index is -0.00908. The van der Waals surface area contributed by atoms with E-state index in [1.807, 2.05) is 29.6 Å². The molecule has 0 saturated heterocycles. The Balaban J connectivity index is 1.58. The van der Waals surface area contributed by atoms with E-state index in [2.05, 4.69) is 10.2 Å². The minimum absolute atomic E-state index is 0.00908. The third-order valence-corrected chi connectivity index (χ3v) is 6.19. The Morgan fingerprint density at radius 2 is 2.25 bits per heavy atom. The number of aromatic nitrogens is 3. The Morgan fingerprint density at radius 1 is 1.42 bits per heavy atom. The lowest BCUT2D eigenvalue weighted by Crippen LogP contribution is -2.27. The second-order valence-corrected chi connectivity index (χ2v) is 8.59. The van der Waals surface area contributed by atoms with Gasteiger partial charge in [-0.1, -0.05) is 29.4 Å². The van der Waals surface area contributed by atoms with E-state index >= 15 is 0 Å². The molecule has 0 radical (unpaired) electrons. The third-order valence-electron chi connectivity index (χ3n) is 3.18. The normalized spacial score (nSPS) is 10.9. The molecule has 0 aliphatic heterocycles. The number of amides is 1. The van der Waals surface area contributed by atoms with Crippen LogP contribution in [-0.4, -0.2) is 38.5 Å². The second-order valence-electron chi connectivity index (χ2n) is 4.90. The fraction of sp³-hybridized carbons (Fsp3) is 0.214. The SMILES string of the molecule is CN(Cc1ccc(Cl)s1)C(=O)CSc1nnc(-c2cccs2)n1N. The Hall–Kier alpha value is -1.55. The van der Waals surface area contributed by atoms with Crippen LogP contribution in [0.25, 0.3) is 10.7 Å². The van der Waals surface area contributed by atoms with E-state index in [4.69, 9.17) is 17.4 Å². The number of carbonyl (C=O) groups excluding carboxylic acids is 1. The summed E-state index contributed by atoms with van der Waals surface area (Å²) in [5, 5.41) is 10.6. The quantitative estimate of drug-likeness (QED) is 0.508. The largest absolute Gasteiger partial charge is 0.340 e. The van der Waals surface area contributed by atoms with Gasteiger partial charge in [0, 0.05) is 11.9 Å². The molecule has 126 valence electrons. The average molecular weight is 400 g/mol. The molecule has 0 bridgehead atoms. The number of rotatable bonds is 6. The summed E-state index contributed by atoms with van der Waals surface area (Å²) in [4.78, 5) is 15.9. The summed E-state index contributed by atoms with van der Waals surface area (Å²) in [6, 6.07) is 7.61. The van der Waals surface area contributed by atoms with Crippen molar-refractivity contribution in [1.29, 1.82) is 0 Å². The average Bonchev–Trinajstić information content (AvgIpc) is 3.27. The molecule has 3 rings (SSSR count). The number of hydrogen-bond donors (Lipinski definition) is 1. The van der Waals surface area contributed by atoms with Gasteiger partial charge < -0.3 is 10.7 Å². The number of thioether (sulfide) groups is 1. The van der Waals surface area contributed by atoms with Crippen LogP contribution in [0.4, 0.5) is 0 Å². The molecule has 3 heterocycles. The molecule has 3 aromatic heterocycles. The zero-order chi connectivity index (χ0) is 17.1. The van der Waals surface area contributed by atoms with Crippen molar-refractivity contribution < 1.29 is 4.79 Å². The molecular weight excluding hydrogens is 386 g/mol. The van der Waals surface area contributed by atoms with Crippen molar-refractivity contribution >= 4 is 51.9 Å². The van der Waals surface area contributed by atoms with Crippen LogP contribution in [0.2, 0.25) is 4.34 Å². The van der Waals surface area contributed by atoms with Crippen LogP contribution in [0.5, 0.6) is 0 Å². The van der Waals surface area contributed by atoms with Gasteiger partial charge in [-0.3, -0.25) is 4.79 Å². The molecule has 2 N–H and O–H groups in total. The zero-order valence-electron chi connectivity index (χ0n) is 12.7. The van der Waals surface area contributed by atoms with Crippen molar-refractivity contribution in [1.82, 2.24) is 19.8 Å². The van der Waals surface area contributed by atoms with Gasteiger partial charge in [-0.15, -0.1) is 32.9 Å². The molecule has 3 aromatic rings. The fourth-order valence-electron chi connectivity index (χ4n) is 1.94. The summed E-state index contributed by atoms with van der Waals surface area (Å²) in [6.07, 6.45) is 0. The van der Waals surface area contributed by atoms with E-state index in [0.717, 1.165) is 14.1 Å². The maximum Gasteiger partial charge on any atom is 0.233 e. The smallest absolute Gasteiger partial charge is 0.233 e. The van der Waals surface area contributed by atoms with Crippen LogP contribution >= 0.6 is 46.0 Å². The monoisotopic (exact) mass is 399 g/mol. The van der Waals surface area contributed by atoms with Gasteiger partial charge in [0.15, 0.2) is 5.82 Å². The highest BCUT2D eigenvalue weighted by Gasteiger charge is 2.16. The van der Waals surface area contributed by atoms with Crippen LogP contribution in [0, 0.1) is 0 Å². The first-order valence-electron chi connectivity index (χ1n) is 6.90. The molecule has 0 unspecified atom stereocenters. The highest BCUT2D eigenvalue weighted by molar-refractivity contribution is 7.99. The van der Waals surface area contributed by atoms with Gasteiger partial charge in [0.25, 0.3) is 0 Å². The van der Waals surface area contributed by atoms with Gasteiger partial charge in [0.2, 0.25) is 11.1 Å². The molecular formula is C14H14ClN5OS3. The number of halogens is 1. The number of nitrogens with two attached hydrogens (primary N) is 1. The highest BCUT2D eigenvalue weighted by atomic mass is 35.5. The minimum Gasteiger partial charge on any atom is -0.340 e. The second kappa shape index (κ2) is 7.56. The first kappa shape index (κ1) is 17.3. The molecule has 1 amide bonds. The van der Waals surface area contributed by atoms with E-state index in [-0.39, 0.29) is 11.7 Å². The number of hydrogen-bond acceptors (Lipinski definition) is 7. The molecule has 6 nitrogen and oxygen atoms in total. The summed E-state index contributed by atoms with van der Waals surface area (Å²) in [5.41, 5.74) is 0. The van der Waals surface area contributed by atoms with Crippen LogP contribution in [0.1, 0.15) is 4.88 Å². The standard InChI is InChI=1S/C14H14ClN5OS3/c1-19(7-9-4-5-11(15)24-9)12(21)8-23-14-18-17-13(20(14)16)10-3-2-6-22-10/h2-6H,7-8,16H2,1H3. The Bertz CT molecular complexity index is 829. The molecule has 0 saturated carbocycles. The van der Waals surface area contributed by atoms with Crippen LogP contribution in [0.3, 0.4) is 0 Å². The predicted octanol–water partition coefficient (Wildman–Crippen LogP) is 3.19. The van der Waals surface area contributed by atoms with Gasteiger partial charge in [0.05, 0.1) is 21.5 Å². The fourth-order valence-corrected chi connectivity index (χ4v) is 4.59. The summed E-state index contributed by atoms with van der Waals surface area (Å²) in [6.45, 7) is 0.534. The first-order chi connectivity index (χ1) is 11.5. The van der Waals surface area contributed by atoms with E-state index < -0.39 is 0 Å². The molecule has 0 aliphatic rings. The zero-order valence-corrected chi connectivity index (χ0v) is 15.9. The van der Waals surface area contributed by atoms with Gasteiger partial charge in [-0.05, 0) is 23.6 Å². The predicted molar refractivity (Wildman–Crippen MR) is 100 cm³/mol. The maximum absolute atomic E-state index is 12.3. The topological polar surface area (TPSA) is 77.0 Å². The summed E-state index contributed by atoms with van der Waals surface area (Å²) < 4.78 is 2.14. The van der Waals surface area contributed by atoms with Gasteiger partial charge in [-0.25, -0.2) is 4.68 Å². The number of nitrogen functional groups attached to an aromatic ring is 1. The van der Waals surface area contributed by atoms with Crippen molar-refractivity contribution in [3.05, 3.63) is 38.9 Å².